The third kappa shape index (κ3) is 3.91. The van der Waals surface area contributed by atoms with Crippen LogP contribution in [-0.2, 0) is 14.3 Å². The first-order chi connectivity index (χ1) is 9.20. The summed E-state index contributed by atoms with van der Waals surface area (Å²) in [6, 6.07) is 0.874. The first-order valence-electron chi connectivity index (χ1n) is 7.00. The van der Waals surface area contributed by atoms with Crippen molar-refractivity contribution in [3.05, 3.63) is 0 Å². The predicted molar refractivity (Wildman–Crippen MR) is 70.6 cm³/mol. The van der Waals surface area contributed by atoms with Crippen LogP contribution >= 0.6 is 0 Å². The zero-order chi connectivity index (χ0) is 13.7. The molecule has 2 saturated heterocycles. The molecule has 2 aliphatic heterocycles. The molecular formula is C13H23N3O3. The van der Waals surface area contributed by atoms with Crippen molar-refractivity contribution >= 4 is 11.8 Å². The lowest BCUT2D eigenvalue weighted by atomic mass is 9.88. The maximum absolute atomic E-state index is 12.0. The van der Waals surface area contributed by atoms with Crippen LogP contribution in [0.2, 0.25) is 0 Å². The molecule has 3 unspecified atom stereocenters. The molecule has 0 aliphatic carbocycles. The molecule has 3 atom stereocenters. The number of hydrogen-bond donors (Lipinski definition) is 3. The molecule has 2 heterocycles. The highest BCUT2D eigenvalue weighted by molar-refractivity contribution is 5.81. The van der Waals surface area contributed by atoms with Gasteiger partial charge in [-0.25, -0.2) is 0 Å². The van der Waals surface area contributed by atoms with E-state index < -0.39 is 0 Å². The van der Waals surface area contributed by atoms with Crippen molar-refractivity contribution in [2.24, 2.45) is 5.92 Å². The average Bonchev–Trinajstić information content (AvgIpc) is 3.01. The molecule has 0 radical (unpaired) electrons. The Bertz CT molecular complexity index is 335. The standard InChI is InChI=1S/C13H23N3O3/c1-19-7-6-14-12(17)4-5-15-13(18)10-8-9-2-3-11(10)16-9/h9-11,16H,2-8H2,1H3,(H,14,17)(H,15,18). The summed E-state index contributed by atoms with van der Waals surface area (Å²) in [5, 5.41) is 9.02. The van der Waals surface area contributed by atoms with Gasteiger partial charge in [0.25, 0.3) is 0 Å². The summed E-state index contributed by atoms with van der Waals surface area (Å²) in [5.41, 5.74) is 0. The lowest BCUT2D eigenvalue weighted by molar-refractivity contribution is -0.125. The lowest BCUT2D eigenvalue weighted by Gasteiger charge is -2.19. The van der Waals surface area contributed by atoms with E-state index >= 15 is 0 Å². The third-order valence-electron chi connectivity index (χ3n) is 3.92. The van der Waals surface area contributed by atoms with Crippen molar-refractivity contribution in [2.45, 2.75) is 37.8 Å². The van der Waals surface area contributed by atoms with Crippen molar-refractivity contribution in [1.29, 1.82) is 0 Å². The van der Waals surface area contributed by atoms with Crippen LogP contribution in [0.1, 0.15) is 25.7 Å². The van der Waals surface area contributed by atoms with E-state index in [9.17, 15) is 9.59 Å². The van der Waals surface area contributed by atoms with Crippen LogP contribution in [0, 0.1) is 5.92 Å². The van der Waals surface area contributed by atoms with Gasteiger partial charge in [-0.3, -0.25) is 9.59 Å². The van der Waals surface area contributed by atoms with Gasteiger partial charge in [0.2, 0.25) is 11.8 Å². The smallest absolute Gasteiger partial charge is 0.224 e. The molecule has 0 aromatic carbocycles. The summed E-state index contributed by atoms with van der Waals surface area (Å²) in [7, 11) is 1.59. The SMILES string of the molecule is COCCNC(=O)CCNC(=O)C1CC2CCC1N2. The van der Waals surface area contributed by atoms with Crippen LogP contribution in [0.3, 0.4) is 0 Å². The van der Waals surface area contributed by atoms with Gasteiger partial charge in [0.1, 0.15) is 0 Å². The highest BCUT2D eigenvalue weighted by Crippen LogP contribution is 2.33. The number of carbonyl (C=O) groups excluding carboxylic acids is 2. The number of amides is 2. The van der Waals surface area contributed by atoms with Gasteiger partial charge < -0.3 is 20.7 Å². The molecule has 2 bridgehead atoms. The molecule has 0 spiro atoms. The number of methoxy groups -OCH3 is 1. The molecule has 3 N–H and O–H groups in total. The van der Waals surface area contributed by atoms with Gasteiger partial charge in [-0.1, -0.05) is 0 Å². The van der Waals surface area contributed by atoms with Gasteiger partial charge in [0.05, 0.1) is 12.5 Å². The van der Waals surface area contributed by atoms with Gasteiger partial charge in [-0.2, -0.15) is 0 Å². The summed E-state index contributed by atoms with van der Waals surface area (Å²) in [6.07, 6.45) is 3.55. The van der Waals surface area contributed by atoms with Gasteiger partial charge in [0.15, 0.2) is 0 Å². The Morgan fingerprint density at radius 1 is 1.26 bits per heavy atom. The van der Waals surface area contributed by atoms with E-state index in [4.69, 9.17) is 4.74 Å². The zero-order valence-corrected chi connectivity index (χ0v) is 11.4. The van der Waals surface area contributed by atoms with E-state index in [2.05, 4.69) is 16.0 Å². The van der Waals surface area contributed by atoms with Crippen molar-refractivity contribution in [1.82, 2.24) is 16.0 Å². The quantitative estimate of drug-likeness (QED) is 0.539. The Labute approximate surface area is 113 Å². The number of rotatable bonds is 7. The molecule has 108 valence electrons. The Balaban J connectivity index is 1.58. The highest BCUT2D eigenvalue weighted by Gasteiger charge is 2.42. The molecule has 2 fully saturated rings. The number of carbonyl (C=O) groups is 2. The molecule has 19 heavy (non-hydrogen) atoms. The van der Waals surface area contributed by atoms with E-state index in [1.807, 2.05) is 0 Å². The van der Waals surface area contributed by atoms with E-state index in [0.717, 1.165) is 12.8 Å². The van der Waals surface area contributed by atoms with Crippen LogP contribution in [0.4, 0.5) is 0 Å². The predicted octanol–water partition coefficient (Wildman–Crippen LogP) is -0.604. The average molecular weight is 269 g/mol. The van der Waals surface area contributed by atoms with Crippen molar-refractivity contribution in [3.8, 4) is 0 Å². The molecule has 0 saturated carbocycles. The second-order valence-electron chi connectivity index (χ2n) is 5.27. The van der Waals surface area contributed by atoms with Gasteiger partial charge in [-0.15, -0.1) is 0 Å². The van der Waals surface area contributed by atoms with E-state index in [1.165, 1.54) is 6.42 Å². The Morgan fingerprint density at radius 2 is 2.11 bits per heavy atom. The molecule has 2 aliphatic rings. The number of hydrogen-bond acceptors (Lipinski definition) is 4. The summed E-state index contributed by atoms with van der Waals surface area (Å²) in [4.78, 5) is 23.4. The minimum absolute atomic E-state index is 0.0524. The maximum atomic E-state index is 12.0. The van der Waals surface area contributed by atoms with E-state index in [1.54, 1.807) is 7.11 Å². The molecular weight excluding hydrogens is 246 g/mol. The van der Waals surface area contributed by atoms with Crippen LogP contribution in [-0.4, -0.2) is 50.7 Å². The minimum atomic E-state index is -0.0524. The number of fused-ring (bicyclic) bond motifs is 2. The van der Waals surface area contributed by atoms with Crippen molar-refractivity contribution < 1.29 is 14.3 Å². The number of nitrogens with one attached hydrogen (secondary N) is 3. The first-order valence-corrected chi connectivity index (χ1v) is 7.00. The summed E-state index contributed by atoms with van der Waals surface area (Å²) >= 11 is 0. The fourth-order valence-corrected chi connectivity index (χ4v) is 2.93. The molecule has 2 rings (SSSR count). The third-order valence-corrected chi connectivity index (χ3v) is 3.92. The normalized spacial score (nSPS) is 28.4. The van der Waals surface area contributed by atoms with Gasteiger partial charge >= 0.3 is 0 Å². The second-order valence-corrected chi connectivity index (χ2v) is 5.27. The van der Waals surface area contributed by atoms with Crippen LogP contribution in [0.25, 0.3) is 0 Å². The Morgan fingerprint density at radius 3 is 2.74 bits per heavy atom. The largest absolute Gasteiger partial charge is 0.383 e. The first kappa shape index (κ1) is 14.3. The maximum Gasteiger partial charge on any atom is 0.224 e. The summed E-state index contributed by atoms with van der Waals surface area (Å²) < 4.78 is 4.84. The topological polar surface area (TPSA) is 79.5 Å². The van der Waals surface area contributed by atoms with Gasteiger partial charge in [-0.05, 0) is 19.3 Å². The summed E-state index contributed by atoms with van der Waals surface area (Å²) in [6.45, 7) is 1.43. The fourth-order valence-electron chi connectivity index (χ4n) is 2.93. The second kappa shape index (κ2) is 6.86. The molecule has 6 heteroatoms. The monoisotopic (exact) mass is 269 g/mol. The molecule has 0 aromatic rings. The molecule has 6 nitrogen and oxygen atoms in total. The Kier molecular flexibility index (Phi) is 5.15. The van der Waals surface area contributed by atoms with Crippen LogP contribution in [0.15, 0.2) is 0 Å². The summed E-state index contributed by atoms with van der Waals surface area (Å²) in [5.74, 6) is 0.128. The zero-order valence-electron chi connectivity index (χ0n) is 11.4. The van der Waals surface area contributed by atoms with E-state index in [0.29, 0.717) is 38.2 Å². The van der Waals surface area contributed by atoms with Crippen LogP contribution in [0.5, 0.6) is 0 Å². The molecule has 0 aromatic heterocycles. The van der Waals surface area contributed by atoms with Crippen LogP contribution < -0.4 is 16.0 Å². The van der Waals surface area contributed by atoms with Crippen molar-refractivity contribution in [2.75, 3.05) is 26.8 Å². The van der Waals surface area contributed by atoms with Crippen molar-refractivity contribution in [3.63, 3.8) is 0 Å². The highest BCUT2D eigenvalue weighted by atomic mass is 16.5. The minimum Gasteiger partial charge on any atom is -0.383 e. The fraction of sp³-hybridized carbons (Fsp3) is 0.846. The Hall–Kier alpha value is -1.14. The number of ether oxygens (including phenoxy) is 1. The van der Waals surface area contributed by atoms with Gasteiger partial charge in [0, 0.05) is 38.7 Å². The molecule has 2 amide bonds. The lowest BCUT2D eigenvalue weighted by Crippen LogP contribution is -2.39. The van der Waals surface area contributed by atoms with E-state index in [-0.39, 0.29) is 17.7 Å².